The third-order valence-corrected chi connectivity index (χ3v) is 7.46. The molecular formula is C34H48N4O3. The van der Waals surface area contributed by atoms with Crippen LogP contribution in [0.1, 0.15) is 39.2 Å². The van der Waals surface area contributed by atoms with E-state index in [1.54, 1.807) is 20.2 Å². The Kier molecular flexibility index (Phi) is 14.5. The van der Waals surface area contributed by atoms with Gasteiger partial charge in [-0.3, -0.25) is 9.59 Å². The first-order valence-electron chi connectivity index (χ1n) is 14.3. The van der Waals surface area contributed by atoms with E-state index in [9.17, 15) is 9.59 Å². The predicted molar refractivity (Wildman–Crippen MR) is 171 cm³/mol. The van der Waals surface area contributed by atoms with Gasteiger partial charge in [0, 0.05) is 67.1 Å². The number of ether oxygens (including phenoxy) is 1. The van der Waals surface area contributed by atoms with Gasteiger partial charge in [-0.2, -0.15) is 0 Å². The second-order valence-corrected chi connectivity index (χ2v) is 10.4. The van der Waals surface area contributed by atoms with Crippen molar-refractivity contribution in [3.63, 3.8) is 0 Å². The largest absolute Gasteiger partial charge is 0.496 e. The Hall–Kier alpha value is -3.84. The van der Waals surface area contributed by atoms with Gasteiger partial charge in [0.1, 0.15) is 12.0 Å². The van der Waals surface area contributed by atoms with Crippen molar-refractivity contribution in [2.75, 3.05) is 57.2 Å². The maximum atomic E-state index is 11.3. The Morgan fingerprint density at radius 2 is 1.61 bits per heavy atom. The third kappa shape index (κ3) is 10.6. The van der Waals surface area contributed by atoms with E-state index in [1.807, 2.05) is 27.0 Å². The molecule has 0 atom stereocenters. The SMILES string of the molecule is C/C(C=O)=C(/C)N(CC1CCN(c2ccc(C)cc2)CC1)c1ccccc1.CNC/C(C=O)=C(/C=C(/C)NC)OC. The van der Waals surface area contributed by atoms with Crippen LogP contribution in [0.25, 0.3) is 0 Å². The van der Waals surface area contributed by atoms with Gasteiger partial charge in [-0.15, -0.1) is 0 Å². The van der Waals surface area contributed by atoms with Gasteiger partial charge >= 0.3 is 0 Å². The highest BCUT2D eigenvalue weighted by Gasteiger charge is 2.23. The number of likely N-dealkylation sites (N-methyl/N-ethyl adjacent to an activating group) is 1. The number of nitrogens with one attached hydrogen (secondary N) is 2. The molecule has 0 aromatic heterocycles. The summed E-state index contributed by atoms with van der Waals surface area (Å²) in [6.07, 6.45) is 5.90. The van der Waals surface area contributed by atoms with Crippen LogP contribution in [0, 0.1) is 12.8 Å². The highest BCUT2D eigenvalue weighted by Crippen LogP contribution is 2.28. The third-order valence-electron chi connectivity index (χ3n) is 7.46. The number of benzene rings is 2. The molecule has 1 aliphatic heterocycles. The van der Waals surface area contributed by atoms with Crippen molar-refractivity contribution in [1.29, 1.82) is 0 Å². The Balaban J connectivity index is 0.000000357. The van der Waals surface area contributed by atoms with Crippen molar-refractivity contribution >= 4 is 23.9 Å². The molecule has 0 bridgehead atoms. The van der Waals surface area contributed by atoms with Crippen LogP contribution >= 0.6 is 0 Å². The van der Waals surface area contributed by atoms with Crippen LogP contribution in [0.15, 0.2) is 89.0 Å². The molecule has 1 aliphatic rings. The lowest BCUT2D eigenvalue weighted by molar-refractivity contribution is -0.105. The van der Waals surface area contributed by atoms with Crippen molar-refractivity contribution in [2.24, 2.45) is 5.92 Å². The highest BCUT2D eigenvalue weighted by molar-refractivity contribution is 5.76. The molecule has 222 valence electrons. The summed E-state index contributed by atoms with van der Waals surface area (Å²) < 4.78 is 5.12. The number of anilines is 2. The zero-order chi connectivity index (χ0) is 30.2. The zero-order valence-corrected chi connectivity index (χ0v) is 25.9. The second kappa shape index (κ2) is 17.8. The zero-order valence-electron chi connectivity index (χ0n) is 25.9. The van der Waals surface area contributed by atoms with Crippen LogP contribution in [-0.2, 0) is 14.3 Å². The van der Waals surface area contributed by atoms with Crippen molar-refractivity contribution < 1.29 is 14.3 Å². The smallest absolute Gasteiger partial charge is 0.151 e. The van der Waals surface area contributed by atoms with Gasteiger partial charge in [-0.05, 0) is 83.8 Å². The van der Waals surface area contributed by atoms with E-state index in [2.05, 4.69) is 82.8 Å². The lowest BCUT2D eigenvalue weighted by atomic mass is 9.95. The van der Waals surface area contributed by atoms with Crippen molar-refractivity contribution in [2.45, 2.75) is 40.5 Å². The maximum Gasteiger partial charge on any atom is 0.151 e. The number of nitrogens with zero attached hydrogens (tertiary/aromatic N) is 2. The molecule has 1 saturated heterocycles. The fourth-order valence-corrected chi connectivity index (χ4v) is 4.66. The number of methoxy groups -OCH3 is 1. The highest BCUT2D eigenvalue weighted by atomic mass is 16.5. The molecule has 0 saturated carbocycles. The van der Waals surface area contributed by atoms with E-state index in [0.29, 0.717) is 23.8 Å². The summed E-state index contributed by atoms with van der Waals surface area (Å²) in [5.74, 6) is 1.21. The van der Waals surface area contributed by atoms with Crippen LogP contribution in [0.5, 0.6) is 0 Å². The molecule has 2 aromatic rings. The average molecular weight is 561 g/mol. The fourth-order valence-electron chi connectivity index (χ4n) is 4.66. The number of rotatable bonds is 12. The number of carbonyl (C=O) groups is 2. The number of allylic oxidation sites excluding steroid dienone is 4. The fraction of sp³-hybridized carbons (Fsp3) is 0.412. The van der Waals surface area contributed by atoms with E-state index >= 15 is 0 Å². The minimum Gasteiger partial charge on any atom is -0.496 e. The molecule has 0 radical (unpaired) electrons. The molecule has 2 N–H and O–H groups in total. The van der Waals surface area contributed by atoms with Crippen LogP contribution in [0.4, 0.5) is 11.4 Å². The standard InChI is InChI=1S/C24H30N2O.C10H18N2O2/c1-19-9-11-23(12-10-19)25-15-13-22(14-16-25)17-26(21(3)20(2)18-27)24-7-5-4-6-8-24;1-8(12-3)5-10(14-4)9(7-13)6-11-2/h4-12,18,22H,13-17H2,1-3H3;5,7,11-12H,6H2,1-4H3/b21-20+;8-5-,10-9+. The van der Waals surface area contributed by atoms with Gasteiger partial charge in [0.15, 0.2) is 6.29 Å². The topological polar surface area (TPSA) is 73.9 Å². The second-order valence-electron chi connectivity index (χ2n) is 10.4. The Bertz CT molecular complexity index is 1180. The molecule has 0 unspecified atom stereocenters. The molecule has 7 heteroatoms. The number of para-hydroxylation sites is 1. The number of piperidine rings is 1. The van der Waals surface area contributed by atoms with Crippen molar-refractivity contribution in [3.05, 3.63) is 94.5 Å². The van der Waals surface area contributed by atoms with E-state index in [4.69, 9.17) is 4.74 Å². The number of aryl methyl sites for hydroxylation is 1. The number of hydrogen-bond donors (Lipinski definition) is 2. The van der Waals surface area contributed by atoms with Crippen molar-refractivity contribution in [1.82, 2.24) is 10.6 Å². The van der Waals surface area contributed by atoms with Gasteiger partial charge < -0.3 is 25.2 Å². The molecule has 1 fully saturated rings. The average Bonchev–Trinajstić information content (AvgIpc) is 3.02. The quantitative estimate of drug-likeness (QED) is 0.151. The van der Waals surface area contributed by atoms with Crippen LogP contribution in [-0.4, -0.2) is 60.0 Å². The normalized spacial score (nSPS) is 15.1. The minimum atomic E-state index is 0.500. The van der Waals surface area contributed by atoms with Gasteiger partial charge in [0.2, 0.25) is 0 Å². The van der Waals surface area contributed by atoms with E-state index in [-0.39, 0.29) is 0 Å². The first-order valence-corrected chi connectivity index (χ1v) is 14.3. The molecule has 41 heavy (non-hydrogen) atoms. The van der Waals surface area contributed by atoms with Gasteiger partial charge in [0.25, 0.3) is 0 Å². The lowest BCUT2D eigenvalue weighted by Crippen LogP contribution is -2.38. The maximum absolute atomic E-state index is 11.3. The molecule has 0 amide bonds. The van der Waals surface area contributed by atoms with E-state index in [1.165, 1.54) is 24.1 Å². The molecule has 0 aliphatic carbocycles. The number of carbonyl (C=O) groups excluding carboxylic acids is 2. The molecule has 2 aromatic carbocycles. The van der Waals surface area contributed by atoms with Crippen LogP contribution in [0.2, 0.25) is 0 Å². The van der Waals surface area contributed by atoms with E-state index < -0.39 is 0 Å². The van der Waals surface area contributed by atoms with Crippen LogP contribution < -0.4 is 20.4 Å². The lowest BCUT2D eigenvalue weighted by Gasteiger charge is -2.37. The van der Waals surface area contributed by atoms with Gasteiger partial charge in [-0.25, -0.2) is 0 Å². The molecule has 1 heterocycles. The Morgan fingerprint density at radius 1 is 0.976 bits per heavy atom. The summed E-state index contributed by atoms with van der Waals surface area (Å²) in [7, 11) is 5.15. The number of hydrogen-bond acceptors (Lipinski definition) is 7. The molecule has 3 rings (SSSR count). The van der Waals surface area contributed by atoms with Gasteiger partial charge in [-0.1, -0.05) is 35.9 Å². The summed E-state index contributed by atoms with van der Waals surface area (Å²) in [4.78, 5) is 26.8. The predicted octanol–water partition coefficient (Wildman–Crippen LogP) is 5.64. The molecule has 0 spiro atoms. The Morgan fingerprint density at radius 3 is 2.12 bits per heavy atom. The Labute approximate surface area is 247 Å². The minimum absolute atomic E-state index is 0.500. The monoisotopic (exact) mass is 560 g/mol. The summed E-state index contributed by atoms with van der Waals surface area (Å²) in [6, 6.07) is 19.2. The van der Waals surface area contributed by atoms with Crippen molar-refractivity contribution in [3.8, 4) is 0 Å². The first kappa shape index (κ1) is 33.4. The summed E-state index contributed by atoms with van der Waals surface area (Å²) in [6.45, 7) is 11.6. The van der Waals surface area contributed by atoms with Crippen LogP contribution in [0.3, 0.4) is 0 Å². The summed E-state index contributed by atoms with van der Waals surface area (Å²) >= 11 is 0. The molecule has 7 nitrogen and oxygen atoms in total. The molecular weight excluding hydrogens is 512 g/mol. The van der Waals surface area contributed by atoms with E-state index in [0.717, 1.165) is 54.9 Å². The summed E-state index contributed by atoms with van der Waals surface area (Å²) in [5, 5.41) is 5.87. The van der Waals surface area contributed by atoms with Gasteiger partial charge in [0.05, 0.1) is 7.11 Å². The first-order chi connectivity index (χ1) is 19.8. The number of aldehydes is 2. The summed E-state index contributed by atoms with van der Waals surface area (Å²) in [5.41, 5.74) is 7.19.